The number of hydrogen-bond acceptors (Lipinski definition) is 3. The summed E-state index contributed by atoms with van der Waals surface area (Å²) in [5, 5.41) is 9.18. The van der Waals surface area contributed by atoms with Crippen LogP contribution < -0.4 is 0 Å². The van der Waals surface area contributed by atoms with E-state index in [9.17, 15) is 13.6 Å². The van der Waals surface area contributed by atoms with Crippen LogP contribution in [0.5, 0.6) is 0 Å². The van der Waals surface area contributed by atoms with Crippen molar-refractivity contribution in [3.8, 4) is 0 Å². The van der Waals surface area contributed by atoms with E-state index in [1.807, 2.05) is 6.92 Å². The zero-order valence-electron chi connectivity index (χ0n) is 15.3. The highest BCUT2D eigenvalue weighted by Gasteiger charge is 2.28. The largest absolute Gasteiger partial charge is 0.478 e. The number of pyridine rings is 1. The molecular weight excluding hydrogens is 409 g/mol. The van der Waals surface area contributed by atoms with Gasteiger partial charge >= 0.3 is 5.97 Å². The molecule has 3 rings (SSSR count). The van der Waals surface area contributed by atoms with Gasteiger partial charge in [0.05, 0.1) is 10.7 Å². The fourth-order valence-electron chi connectivity index (χ4n) is 3.74. The van der Waals surface area contributed by atoms with Crippen LogP contribution >= 0.6 is 23.2 Å². The Kier molecular flexibility index (Phi) is 6.53. The van der Waals surface area contributed by atoms with E-state index in [1.165, 1.54) is 6.07 Å². The Bertz CT molecular complexity index is 895. The van der Waals surface area contributed by atoms with Crippen molar-refractivity contribution in [2.45, 2.75) is 38.8 Å². The quantitative estimate of drug-likeness (QED) is 0.664. The van der Waals surface area contributed by atoms with Crippen LogP contribution in [0.2, 0.25) is 10.2 Å². The molecule has 0 saturated carbocycles. The summed E-state index contributed by atoms with van der Waals surface area (Å²) >= 11 is 11.7. The van der Waals surface area contributed by atoms with E-state index in [0.29, 0.717) is 25.1 Å². The van der Waals surface area contributed by atoms with Gasteiger partial charge in [0, 0.05) is 18.2 Å². The standard InChI is InChI=1S/C20H20Cl2F2N2O2/c1-11-7-12(8-16-19(24)14(20(27)28)9-17(22)25-16)5-6-26(11)10-13-3-2-4-15(21)18(13)23/h2-4,9,11-12H,5-8,10H2,1H3,(H,27,28)/t11-,12?/m1/s1. The number of benzene rings is 1. The summed E-state index contributed by atoms with van der Waals surface area (Å²) in [6.45, 7) is 3.21. The second kappa shape index (κ2) is 8.72. The third-order valence-corrected chi connectivity index (χ3v) is 5.72. The van der Waals surface area contributed by atoms with Crippen LogP contribution in [0, 0.1) is 17.6 Å². The molecule has 28 heavy (non-hydrogen) atoms. The third-order valence-electron chi connectivity index (χ3n) is 5.23. The van der Waals surface area contributed by atoms with Gasteiger partial charge in [-0.1, -0.05) is 35.3 Å². The Labute approximate surface area is 172 Å². The first-order valence-electron chi connectivity index (χ1n) is 9.01. The Balaban J connectivity index is 1.68. The maximum atomic E-state index is 14.4. The molecule has 1 aliphatic rings. The zero-order valence-corrected chi connectivity index (χ0v) is 16.8. The summed E-state index contributed by atoms with van der Waals surface area (Å²) < 4.78 is 28.6. The van der Waals surface area contributed by atoms with Gasteiger partial charge in [0.1, 0.15) is 16.5 Å². The topological polar surface area (TPSA) is 53.4 Å². The van der Waals surface area contributed by atoms with Gasteiger partial charge in [0.2, 0.25) is 0 Å². The number of likely N-dealkylation sites (tertiary alicyclic amines) is 1. The van der Waals surface area contributed by atoms with Crippen molar-refractivity contribution < 1.29 is 18.7 Å². The van der Waals surface area contributed by atoms with E-state index < -0.39 is 23.2 Å². The summed E-state index contributed by atoms with van der Waals surface area (Å²) in [5.41, 5.74) is 0.166. The number of nitrogens with zero attached hydrogens (tertiary/aromatic N) is 2. The monoisotopic (exact) mass is 428 g/mol. The lowest BCUT2D eigenvalue weighted by Crippen LogP contribution is -2.41. The smallest absolute Gasteiger partial charge is 0.338 e. The number of aromatic nitrogens is 1. The molecule has 8 heteroatoms. The Morgan fingerprint density at radius 3 is 2.75 bits per heavy atom. The number of halogens is 4. The van der Waals surface area contributed by atoms with E-state index >= 15 is 0 Å². The molecule has 1 N–H and O–H groups in total. The minimum atomic E-state index is -1.37. The molecular formula is C20H20Cl2F2N2O2. The molecule has 4 nitrogen and oxygen atoms in total. The van der Waals surface area contributed by atoms with Crippen molar-refractivity contribution in [2.24, 2.45) is 5.92 Å². The lowest BCUT2D eigenvalue weighted by Gasteiger charge is -2.37. The molecule has 1 aromatic heterocycles. The zero-order chi connectivity index (χ0) is 20.4. The molecule has 1 saturated heterocycles. The van der Waals surface area contributed by atoms with Crippen LogP contribution in [0.25, 0.3) is 0 Å². The van der Waals surface area contributed by atoms with Crippen LogP contribution in [0.1, 0.15) is 41.4 Å². The molecule has 0 aliphatic carbocycles. The van der Waals surface area contributed by atoms with Gasteiger partial charge in [-0.3, -0.25) is 4.90 Å². The first-order valence-corrected chi connectivity index (χ1v) is 9.77. The fraction of sp³-hybridized carbons (Fsp3) is 0.400. The third kappa shape index (κ3) is 4.62. The molecule has 150 valence electrons. The Morgan fingerprint density at radius 1 is 1.32 bits per heavy atom. The first-order chi connectivity index (χ1) is 13.3. The van der Waals surface area contributed by atoms with Crippen LogP contribution in [-0.2, 0) is 13.0 Å². The minimum Gasteiger partial charge on any atom is -0.478 e. The van der Waals surface area contributed by atoms with Crippen molar-refractivity contribution >= 4 is 29.2 Å². The summed E-state index contributed by atoms with van der Waals surface area (Å²) in [6, 6.07) is 6.14. The van der Waals surface area contributed by atoms with E-state index in [0.717, 1.165) is 18.9 Å². The number of hydrogen-bond donors (Lipinski definition) is 1. The van der Waals surface area contributed by atoms with Gasteiger partial charge in [0.15, 0.2) is 5.82 Å². The van der Waals surface area contributed by atoms with Gasteiger partial charge < -0.3 is 5.11 Å². The number of piperidine rings is 1. The summed E-state index contributed by atoms with van der Waals surface area (Å²) in [7, 11) is 0. The van der Waals surface area contributed by atoms with Crippen LogP contribution in [0.3, 0.4) is 0 Å². The number of carbonyl (C=O) groups is 1. The van der Waals surface area contributed by atoms with Crippen molar-refractivity contribution in [1.82, 2.24) is 9.88 Å². The van der Waals surface area contributed by atoms with E-state index in [-0.39, 0.29) is 27.8 Å². The van der Waals surface area contributed by atoms with Crippen molar-refractivity contribution in [2.75, 3.05) is 6.54 Å². The van der Waals surface area contributed by atoms with Crippen molar-refractivity contribution in [3.63, 3.8) is 0 Å². The summed E-state index contributed by atoms with van der Waals surface area (Å²) in [4.78, 5) is 17.3. The Morgan fingerprint density at radius 2 is 2.07 bits per heavy atom. The molecule has 0 amide bonds. The highest BCUT2D eigenvalue weighted by Crippen LogP contribution is 2.29. The van der Waals surface area contributed by atoms with Crippen LogP contribution in [-0.4, -0.2) is 33.5 Å². The number of rotatable bonds is 5. The van der Waals surface area contributed by atoms with E-state index in [2.05, 4.69) is 9.88 Å². The predicted molar refractivity (Wildman–Crippen MR) is 104 cm³/mol. The average molecular weight is 429 g/mol. The average Bonchev–Trinajstić information content (AvgIpc) is 2.63. The highest BCUT2D eigenvalue weighted by atomic mass is 35.5. The molecule has 1 fully saturated rings. The van der Waals surface area contributed by atoms with Gasteiger partial charge in [0.25, 0.3) is 0 Å². The highest BCUT2D eigenvalue weighted by molar-refractivity contribution is 6.30. The van der Waals surface area contributed by atoms with E-state index in [4.69, 9.17) is 28.3 Å². The molecule has 0 bridgehead atoms. The molecule has 1 aromatic carbocycles. The van der Waals surface area contributed by atoms with Crippen molar-refractivity contribution in [3.05, 3.63) is 62.9 Å². The number of carboxylic acids is 1. The molecule has 2 heterocycles. The van der Waals surface area contributed by atoms with Crippen LogP contribution in [0.15, 0.2) is 24.3 Å². The predicted octanol–water partition coefficient (Wildman–Crippen LogP) is 5.21. The summed E-state index contributed by atoms with van der Waals surface area (Å²) in [6.07, 6.45) is 1.84. The Hall–Kier alpha value is -1.76. The SMILES string of the molecule is C[C@@H]1CC(Cc2nc(Cl)cc(C(=O)O)c2F)CCN1Cc1cccc(Cl)c1F. The lowest BCUT2D eigenvalue weighted by molar-refractivity contribution is 0.0691. The normalized spacial score (nSPS) is 20.3. The minimum absolute atomic E-state index is 0.0317. The fourth-order valence-corrected chi connectivity index (χ4v) is 4.15. The van der Waals surface area contributed by atoms with Gasteiger partial charge in [-0.15, -0.1) is 0 Å². The van der Waals surface area contributed by atoms with Crippen LogP contribution in [0.4, 0.5) is 8.78 Å². The number of aromatic carboxylic acids is 1. The van der Waals surface area contributed by atoms with Gasteiger partial charge in [-0.05, 0) is 50.8 Å². The first kappa shape index (κ1) is 21.0. The molecule has 0 spiro atoms. The maximum Gasteiger partial charge on any atom is 0.338 e. The molecule has 2 atom stereocenters. The summed E-state index contributed by atoms with van der Waals surface area (Å²) in [5.74, 6) is -2.45. The molecule has 1 aliphatic heterocycles. The molecule has 0 radical (unpaired) electrons. The van der Waals surface area contributed by atoms with Gasteiger partial charge in [-0.25, -0.2) is 18.6 Å². The molecule has 2 aromatic rings. The van der Waals surface area contributed by atoms with Crippen molar-refractivity contribution in [1.29, 1.82) is 0 Å². The number of carboxylic acid groups (broad SMARTS) is 1. The van der Waals surface area contributed by atoms with Gasteiger partial charge in [-0.2, -0.15) is 0 Å². The maximum absolute atomic E-state index is 14.4. The lowest BCUT2D eigenvalue weighted by atomic mass is 9.87. The second-order valence-corrected chi connectivity index (χ2v) is 7.98. The molecule has 1 unspecified atom stereocenters. The second-order valence-electron chi connectivity index (χ2n) is 7.19. The van der Waals surface area contributed by atoms with E-state index in [1.54, 1.807) is 12.1 Å².